The first-order valence-electron chi connectivity index (χ1n) is 5.48. The molecule has 0 N–H and O–H groups in total. The van der Waals surface area contributed by atoms with Crippen molar-refractivity contribution in [3.05, 3.63) is 23.7 Å². The van der Waals surface area contributed by atoms with Gasteiger partial charge in [0.1, 0.15) is 11.5 Å². The summed E-state index contributed by atoms with van der Waals surface area (Å²) in [5.41, 5.74) is 0.500. The number of rotatable bonds is 5. The molecule has 2 nitrogen and oxygen atoms in total. The molecule has 0 amide bonds. The minimum Gasteiger partial charge on any atom is -0.465 e. The van der Waals surface area contributed by atoms with Gasteiger partial charge < -0.3 is 4.42 Å². The topological polar surface area (TPSA) is 16.4 Å². The molecule has 1 aliphatic rings. The Labute approximate surface area is 97.1 Å². The van der Waals surface area contributed by atoms with E-state index < -0.39 is 0 Å². The molecular weight excluding hydrogens is 206 g/mol. The van der Waals surface area contributed by atoms with Crippen molar-refractivity contribution in [2.24, 2.45) is 5.41 Å². The highest BCUT2D eigenvalue weighted by atomic mass is 32.1. The van der Waals surface area contributed by atoms with Crippen LogP contribution in [0.5, 0.6) is 0 Å². The van der Waals surface area contributed by atoms with Crippen molar-refractivity contribution in [3.63, 3.8) is 0 Å². The minimum absolute atomic E-state index is 0.500. The largest absolute Gasteiger partial charge is 0.465 e. The normalized spacial score (nSPS) is 18.4. The maximum absolute atomic E-state index is 5.56. The number of hydrogen-bond acceptors (Lipinski definition) is 3. The fourth-order valence-corrected chi connectivity index (χ4v) is 2.42. The van der Waals surface area contributed by atoms with Gasteiger partial charge in [0.05, 0.1) is 6.54 Å². The van der Waals surface area contributed by atoms with E-state index in [1.54, 1.807) is 0 Å². The molecule has 1 saturated carbocycles. The molecule has 0 radical (unpaired) electrons. The summed E-state index contributed by atoms with van der Waals surface area (Å²) in [4.78, 5) is 2.33. The first-order chi connectivity index (χ1) is 7.13. The summed E-state index contributed by atoms with van der Waals surface area (Å²) in [5.74, 6) is 3.06. The van der Waals surface area contributed by atoms with Crippen LogP contribution in [0.15, 0.2) is 16.5 Å². The van der Waals surface area contributed by atoms with Crippen LogP contribution in [0.2, 0.25) is 0 Å². The van der Waals surface area contributed by atoms with Gasteiger partial charge in [-0.15, -0.1) is 0 Å². The fourth-order valence-electron chi connectivity index (χ4n) is 2.01. The second kappa shape index (κ2) is 4.22. The molecule has 1 aliphatic carbocycles. The maximum Gasteiger partial charge on any atom is 0.118 e. The Hall–Kier alpha value is -0.410. The summed E-state index contributed by atoms with van der Waals surface area (Å²) in [7, 11) is 2.15. The van der Waals surface area contributed by atoms with E-state index >= 15 is 0 Å². The monoisotopic (exact) mass is 225 g/mol. The molecule has 0 aromatic carbocycles. The summed E-state index contributed by atoms with van der Waals surface area (Å²) < 4.78 is 5.56. The molecule has 0 atom stereocenters. The molecule has 1 fully saturated rings. The average molecular weight is 225 g/mol. The molecule has 84 valence electrons. The zero-order chi connectivity index (χ0) is 10.9. The molecule has 15 heavy (non-hydrogen) atoms. The van der Waals surface area contributed by atoms with Crippen LogP contribution >= 0.6 is 12.6 Å². The quantitative estimate of drug-likeness (QED) is 0.776. The lowest BCUT2D eigenvalue weighted by Gasteiger charge is -2.21. The lowest BCUT2D eigenvalue weighted by Crippen LogP contribution is -2.27. The van der Waals surface area contributed by atoms with Crippen molar-refractivity contribution in [2.45, 2.75) is 26.3 Å². The molecule has 0 saturated heterocycles. The van der Waals surface area contributed by atoms with E-state index in [0.29, 0.717) is 5.41 Å². The summed E-state index contributed by atoms with van der Waals surface area (Å²) in [6, 6.07) is 4.08. The van der Waals surface area contributed by atoms with Crippen molar-refractivity contribution >= 4 is 12.6 Å². The van der Waals surface area contributed by atoms with Crippen LogP contribution in [0.4, 0.5) is 0 Å². The molecule has 0 unspecified atom stereocenters. The van der Waals surface area contributed by atoms with Crippen LogP contribution in [0.1, 0.15) is 24.4 Å². The summed E-state index contributed by atoms with van der Waals surface area (Å²) >= 11 is 4.42. The second-order valence-electron chi connectivity index (χ2n) is 4.84. The van der Waals surface area contributed by atoms with Crippen molar-refractivity contribution in [1.82, 2.24) is 4.90 Å². The summed E-state index contributed by atoms with van der Waals surface area (Å²) in [6.07, 6.45) is 2.66. The molecule has 0 spiro atoms. The third-order valence-electron chi connectivity index (χ3n) is 3.12. The number of thiol groups is 1. The third-order valence-corrected chi connectivity index (χ3v) is 3.79. The third kappa shape index (κ3) is 2.79. The number of furan rings is 1. The predicted molar refractivity (Wildman–Crippen MR) is 65.3 cm³/mol. The van der Waals surface area contributed by atoms with E-state index in [9.17, 15) is 0 Å². The predicted octanol–water partition coefficient (Wildman–Crippen LogP) is 2.73. The second-order valence-corrected chi connectivity index (χ2v) is 5.16. The van der Waals surface area contributed by atoms with Gasteiger partial charge in [-0.25, -0.2) is 0 Å². The van der Waals surface area contributed by atoms with Crippen LogP contribution in [0, 0.1) is 12.3 Å². The van der Waals surface area contributed by atoms with Gasteiger partial charge >= 0.3 is 0 Å². The number of aryl methyl sites for hydroxylation is 1. The van der Waals surface area contributed by atoms with Crippen molar-refractivity contribution < 1.29 is 4.42 Å². The lowest BCUT2D eigenvalue weighted by molar-refractivity contribution is 0.249. The van der Waals surface area contributed by atoms with Gasteiger partial charge in [0.15, 0.2) is 0 Å². The van der Waals surface area contributed by atoms with Crippen molar-refractivity contribution in [2.75, 3.05) is 19.3 Å². The molecular formula is C12H19NOS. The smallest absolute Gasteiger partial charge is 0.118 e. The Kier molecular flexibility index (Phi) is 3.12. The highest BCUT2D eigenvalue weighted by molar-refractivity contribution is 7.80. The van der Waals surface area contributed by atoms with Crippen molar-refractivity contribution in [1.29, 1.82) is 0 Å². The minimum atomic E-state index is 0.500. The van der Waals surface area contributed by atoms with Crippen LogP contribution < -0.4 is 0 Å². The van der Waals surface area contributed by atoms with E-state index in [2.05, 4.69) is 30.6 Å². The molecule has 0 bridgehead atoms. The lowest BCUT2D eigenvalue weighted by atomic mass is 10.1. The van der Waals surface area contributed by atoms with E-state index in [0.717, 1.165) is 30.4 Å². The van der Waals surface area contributed by atoms with E-state index in [1.807, 2.05) is 13.0 Å². The Morgan fingerprint density at radius 2 is 2.20 bits per heavy atom. The molecule has 0 aliphatic heterocycles. The van der Waals surface area contributed by atoms with E-state index in [1.165, 1.54) is 12.8 Å². The standard InChI is InChI=1S/C12H19NOS/c1-10-3-4-11(14-10)7-13(2)8-12(9-15)5-6-12/h3-4,15H,5-9H2,1-2H3. The molecule has 2 rings (SSSR count). The molecule has 1 aromatic rings. The van der Waals surface area contributed by atoms with E-state index in [4.69, 9.17) is 4.42 Å². The van der Waals surface area contributed by atoms with Crippen molar-refractivity contribution in [3.8, 4) is 0 Å². The van der Waals surface area contributed by atoms with Crippen LogP contribution in [-0.4, -0.2) is 24.2 Å². The SMILES string of the molecule is Cc1ccc(CN(C)CC2(CS)CC2)o1. The Morgan fingerprint density at radius 1 is 1.47 bits per heavy atom. The molecule has 3 heteroatoms. The molecule has 1 aromatic heterocycles. The summed E-state index contributed by atoms with van der Waals surface area (Å²) in [5, 5.41) is 0. The first kappa shape index (κ1) is 11.1. The van der Waals surface area contributed by atoms with Gasteiger partial charge in [-0.05, 0) is 50.1 Å². The van der Waals surface area contributed by atoms with Gasteiger partial charge in [0.25, 0.3) is 0 Å². The van der Waals surface area contributed by atoms with Crippen LogP contribution in [0.25, 0.3) is 0 Å². The van der Waals surface area contributed by atoms with Gasteiger partial charge in [0.2, 0.25) is 0 Å². The van der Waals surface area contributed by atoms with Crippen LogP contribution in [0.3, 0.4) is 0 Å². The van der Waals surface area contributed by atoms with Gasteiger partial charge in [-0.1, -0.05) is 0 Å². The Bertz CT molecular complexity index is 330. The van der Waals surface area contributed by atoms with Gasteiger partial charge in [0, 0.05) is 6.54 Å². The zero-order valence-corrected chi connectivity index (χ0v) is 10.4. The Balaban J connectivity index is 1.84. The maximum atomic E-state index is 5.56. The van der Waals surface area contributed by atoms with E-state index in [-0.39, 0.29) is 0 Å². The highest BCUT2D eigenvalue weighted by Crippen LogP contribution is 2.46. The fraction of sp³-hybridized carbons (Fsp3) is 0.667. The average Bonchev–Trinajstić information content (AvgIpc) is 2.84. The molecule has 1 heterocycles. The Morgan fingerprint density at radius 3 is 2.67 bits per heavy atom. The van der Waals surface area contributed by atoms with Gasteiger partial charge in [-0.3, -0.25) is 4.90 Å². The van der Waals surface area contributed by atoms with Crippen LogP contribution in [-0.2, 0) is 6.54 Å². The van der Waals surface area contributed by atoms with Gasteiger partial charge in [-0.2, -0.15) is 12.6 Å². The number of hydrogen-bond donors (Lipinski definition) is 1. The summed E-state index contributed by atoms with van der Waals surface area (Å²) in [6.45, 7) is 4.03. The highest BCUT2D eigenvalue weighted by Gasteiger charge is 2.41. The first-order valence-corrected chi connectivity index (χ1v) is 6.12. The number of nitrogens with zero attached hydrogens (tertiary/aromatic N) is 1. The zero-order valence-electron chi connectivity index (χ0n) is 9.49.